The van der Waals surface area contributed by atoms with Gasteiger partial charge in [0.25, 0.3) is 5.91 Å². The SMILES string of the molecule is CCS(=O)(=O)c1nnc(NC(=O)/C(C#N)=C\c2ccc(-c3ccc(Br)cc3)o2)s1. The Morgan fingerprint density at radius 2 is 2.00 bits per heavy atom. The fourth-order valence-corrected chi connectivity index (χ4v) is 4.41. The van der Waals surface area contributed by atoms with Crippen LogP contribution < -0.4 is 5.32 Å². The van der Waals surface area contributed by atoms with E-state index in [9.17, 15) is 18.5 Å². The highest BCUT2D eigenvalue weighted by Gasteiger charge is 2.20. The van der Waals surface area contributed by atoms with E-state index in [4.69, 9.17) is 4.42 Å². The summed E-state index contributed by atoms with van der Waals surface area (Å²) in [4.78, 5) is 12.3. The van der Waals surface area contributed by atoms with Gasteiger partial charge in [0.15, 0.2) is 0 Å². The molecular formula is C18H13BrN4O4S2. The molecular weight excluding hydrogens is 480 g/mol. The lowest BCUT2D eigenvalue weighted by Gasteiger charge is -1.99. The first-order chi connectivity index (χ1) is 13.8. The van der Waals surface area contributed by atoms with E-state index in [2.05, 4.69) is 31.4 Å². The number of amides is 1. The van der Waals surface area contributed by atoms with Crippen molar-refractivity contribution in [3.05, 3.63) is 52.2 Å². The Bertz CT molecular complexity index is 1220. The van der Waals surface area contributed by atoms with Crippen molar-refractivity contribution in [2.75, 3.05) is 11.1 Å². The fraction of sp³-hybridized carbons (Fsp3) is 0.111. The van der Waals surface area contributed by atoms with Gasteiger partial charge in [0.05, 0.1) is 5.75 Å². The van der Waals surface area contributed by atoms with Gasteiger partial charge in [-0.3, -0.25) is 10.1 Å². The first kappa shape index (κ1) is 20.9. The lowest BCUT2D eigenvalue weighted by Crippen LogP contribution is -2.13. The molecule has 11 heteroatoms. The first-order valence-electron chi connectivity index (χ1n) is 8.17. The van der Waals surface area contributed by atoms with Gasteiger partial charge in [-0.25, -0.2) is 8.42 Å². The summed E-state index contributed by atoms with van der Waals surface area (Å²) >= 11 is 4.09. The lowest BCUT2D eigenvalue weighted by atomic mass is 10.2. The Kier molecular flexibility index (Phi) is 6.26. The summed E-state index contributed by atoms with van der Waals surface area (Å²) < 4.78 is 30.0. The summed E-state index contributed by atoms with van der Waals surface area (Å²) in [6, 6.07) is 12.6. The highest BCUT2D eigenvalue weighted by Crippen LogP contribution is 2.25. The molecule has 0 fully saturated rings. The molecule has 0 aliphatic heterocycles. The third kappa shape index (κ3) is 4.97. The molecule has 3 rings (SSSR count). The van der Waals surface area contributed by atoms with Crippen molar-refractivity contribution in [1.29, 1.82) is 5.26 Å². The summed E-state index contributed by atoms with van der Waals surface area (Å²) in [6.45, 7) is 1.48. The number of sulfone groups is 1. The third-order valence-corrected chi connectivity index (χ3v) is 7.23. The van der Waals surface area contributed by atoms with Gasteiger partial charge in [-0.05, 0) is 24.3 Å². The predicted molar refractivity (Wildman–Crippen MR) is 112 cm³/mol. The minimum absolute atomic E-state index is 0.0156. The summed E-state index contributed by atoms with van der Waals surface area (Å²) in [7, 11) is -3.52. The van der Waals surface area contributed by atoms with E-state index in [0.717, 1.165) is 21.4 Å². The van der Waals surface area contributed by atoms with E-state index in [1.807, 2.05) is 24.3 Å². The van der Waals surface area contributed by atoms with Crippen molar-refractivity contribution in [2.24, 2.45) is 0 Å². The molecule has 1 N–H and O–H groups in total. The minimum atomic E-state index is -3.52. The Morgan fingerprint density at radius 1 is 1.28 bits per heavy atom. The Hall–Kier alpha value is -2.81. The zero-order valence-electron chi connectivity index (χ0n) is 14.9. The van der Waals surface area contributed by atoms with Gasteiger partial charge in [-0.1, -0.05) is 46.3 Å². The molecule has 8 nitrogen and oxygen atoms in total. The summed E-state index contributed by atoms with van der Waals surface area (Å²) in [6.07, 6.45) is 1.29. The first-order valence-corrected chi connectivity index (χ1v) is 11.4. The van der Waals surface area contributed by atoms with E-state index < -0.39 is 15.7 Å². The van der Waals surface area contributed by atoms with E-state index in [0.29, 0.717) is 11.5 Å². The maximum atomic E-state index is 12.3. The van der Waals surface area contributed by atoms with Gasteiger partial charge in [0, 0.05) is 16.1 Å². The van der Waals surface area contributed by atoms with Crippen molar-refractivity contribution in [3.8, 4) is 17.4 Å². The quantitative estimate of drug-likeness (QED) is 0.314. The lowest BCUT2D eigenvalue weighted by molar-refractivity contribution is -0.112. The van der Waals surface area contributed by atoms with E-state index in [1.165, 1.54) is 13.0 Å². The summed E-state index contributed by atoms with van der Waals surface area (Å²) in [5.74, 6) is 0.0322. The highest BCUT2D eigenvalue weighted by atomic mass is 79.9. The van der Waals surface area contributed by atoms with Crippen LogP contribution in [0.3, 0.4) is 0 Å². The van der Waals surface area contributed by atoms with Crippen LogP contribution >= 0.6 is 27.3 Å². The number of hydrogen-bond acceptors (Lipinski definition) is 8. The summed E-state index contributed by atoms with van der Waals surface area (Å²) in [5.41, 5.74) is 0.617. The van der Waals surface area contributed by atoms with Crippen LogP contribution in [0.1, 0.15) is 12.7 Å². The molecule has 3 aromatic rings. The fourth-order valence-electron chi connectivity index (χ4n) is 2.16. The maximum absolute atomic E-state index is 12.3. The second kappa shape index (κ2) is 8.69. The van der Waals surface area contributed by atoms with E-state index >= 15 is 0 Å². The third-order valence-electron chi connectivity index (χ3n) is 3.68. The monoisotopic (exact) mass is 492 g/mol. The van der Waals surface area contributed by atoms with Crippen LogP contribution in [0.5, 0.6) is 0 Å². The van der Waals surface area contributed by atoms with Crippen LogP contribution in [0.4, 0.5) is 5.13 Å². The van der Waals surface area contributed by atoms with Gasteiger partial charge < -0.3 is 4.42 Å². The zero-order valence-corrected chi connectivity index (χ0v) is 18.1. The molecule has 0 aliphatic carbocycles. The van der Waals surface area contributed by atoms with Crippen LogP contribution in [0.25, 0.3) is 17.4 Å². The van der Waals surface area contributed by atoms with Crippen molar-refractivity contribution in [1.82, 2.24) is 10.2 Å². The van der Waals surface area contributed by atoms with Crippen LogP contribution in [-0.2, 0) is 14.6 Å². The number of carbonyl (C=O) groups excluding carboxylic acids is 1. The number of carbonyl (C=O) groups is 1. The average Bonchev–Trinajstić information content (AvgIpc) is 3.36. The molecule has 0 spiro atoms. The number of rotatable bonds is 6. The van der Waals surface area contributed by atoms with E-state index in [-0.39, 0.29) is 20.8 Å². The zero-order chi connectivity index (χ0) is 21.0. The Balaban J connectivity index is 1.77. The van der Waals surface area contributed by atoms with Gasteiger partial charge in [-0.2, -0.15) is 5.26 Å². The molecule has 2 aromatic heterocycles. The molecule has 1 amide bonds. The van der Waals surface area contributed by atoms with Gasteiger partial charge in [-0.15, -0.1) is 10.2 Å². The van der Waals surface area contributed by atoms with Crippen molar-refractivity contribution < 1.29 is 17.6 Å². The Morgan fingerprint density at radius 3 is 2.66 bits per heavy atom. The number of anilines is 1. The maximum Gasteiger partial charge on any atom is 0.268 e. The molecule has 0 radical (unpaired) electrons. The second-order valence-corrected chi connectivity index (χ2v) is 9.95. The largest absolute Gasteiger partial charge is 0.457 e. The molecule has 148 valence electrons. The molecule has 1 aromatic carbocycles. The molecule has 0 aliphatic rings. The predicted octanol–water partition coefficient (Wildman–Crippen LogP) is 3.90. The van der Waals surface area contributed by atoms with Crippen LogP contribution in [-0.4, -0.2) is 30.3 Å². The number of aromatic nitrogens is 2. The van der Waals surface area contributed by atoms with Gasteiger partial charge in [0.2, 0.25) is 19.3 Å². The van der Waals surface area contributed by atoms with Crippen LogP contribution in [0, 0.1) is 11.3 Å². The smallest absolute Gasteiger partial charge is 0.268 e. The topological polar surface area (TPSA) is 126 Å². The molecule has 0 saturated heterocycles. The number of furan rings is 1. The van der Waals surface area contributed by atoms with Crippen molar-refractivity contribution in [3.63, 3.8) is 0 Å². The van der Waals surface area contributed by atoms with Crippen LogP contribution in [0.2, 0.25) is 0 Å². The number of hydrogen-bond donors (Lipinski definition) is 1. The summed E-state index contributed by atoms with van der Waals surface area (Å²) in [5, 5.41) is 18.9. The van der Waals surface area contributed by atoms with Crippen LogP contribution in [0.15, 0.2) is 55.2 Å². The van der Waals surface area contributed by atoms with Crippen molar-refractivity contribution >= 4 is 54.2 Å². The molecule has 2 heterocycles. The molecule has 0 unspecified atom stereocenters. The highest BCUT2D eigenvalue weighted by molar-refractivity contribution is 9.10. The van der Waals surface area contributed by atoms with Gasteiger partial charge >= 0.3 is 0 Å². The number of halogens is 1. The van der Waals surface area contributed by atoms with Gasteiger partial charge in [0.1, 0.15) is 23.2 Å². The number of nitriles is 1. The second-order valence-electron chi connectivity index (χ2n) is 5.61. The standard InChI is InChI=1S/C18H13BrN4O4S2/c1-2-29(25,26)18-23-22-17(28-18)21-16(24)12(10-20)9-14-7-8-15(27-14)11-3-5-13(19)6-4-11/h3-9H,2H2,1H3,(H,21,22,24)/b12-9-. The number of benzene rings is 1. The van der Waals surface area contributed by atoms with Crippen molar-refractivity contribution in [2.45, 2.75) is 11.3 Å². The number of nitrogens with zero attached hydrogens (tertiary/aromatic N) is 3. The minimum Gasteiger partial charge on any atom is -0.457 e. The Labute approximate surface area is 178 Å². The number of nitrogens with one attached hydrogen (secondary N) is 1. The normalized spacial score (nSPS) is 11.8. The molecule has 0 saturated carbocycles. The molecule has 29 heavy (non-hydrogen) atoms. The molecule has 0 atom stereocenters. The average molecular weight is 493 g/mol. The molecule has 0 bridgehead atoms. The van der Waals surface area contributed by atoms with E-state index in [1.54, 1.807) is 18.2 Å².